The Balaban J connectivity index is 0.935. The molecule has 0 spiro atoms. The highest BCUT2D eigenvalue weighted by Gasteiger charge is 2.45. The number of amides is 4. The second kappa shape index (κ2) is 10.7. The second-order valence-corrected chi connectivity index (χ2v) is 13.4. The molecule has 0 aromatic heterocycles. The lowest BCUT2D eigenvalue weighted by molar-refractivity contribution is -0.137. The van der Waals surface area contributed by atoms with Crippen molar-refractivity contribution in [2.24, 2.45) is 23.7 Å². The number of carbonyl (C=O) groups is 4. The average molecular weight is 563 g/mol. The number of ether oxygens (including phenoxy) is 1. The van der Waals surface area contributed by atoms with Gasteiger partial charge in [-0.3, -0.25) is 29.4 Å². The molecule has 1 N–H and O–H groups in total. The predicted molar refractivity (Wildman–Crippen MR) is 151 cm³/mol. The molecule has 1 aromatic carbocycles. The number of rotatable bonds is 6. The number of benzene rings is 1. The first-order chi connectivity index (χ1) is 19.9. The summed E-state index contributed by atoms with van der Waals surface area (Å²) in [6, 6.07) is 5.51. The molecule has 4 aliphatic heterocycles. The Bertz CT molecular complexity index is 1240. The van der Waals surface area contributed by atoms with Gasteiger partial charge in [-0.1, -0.05) is 13.3 Å². The van der Waals surface area contributed by atoms with Crippen LogP contribution < -0.4 is 10.1 Å². The van der Waals surface area contributed by atoms with Crippen molar-refractivity contribution < 1.29 is 23.9 Å². The largest absolute Gasteiger partial charge is 0.489 e. The van der Waals surface area contributed by atoms with Crippen molar-refractivity contribution in [2.75, 3.05) is 26.2 Å². The monoisotopic (exact) mass is 562 g/mol. The van der Waals surface area contributed by atoms with E-state index < -0.39 is 6.04 Å². The van der Waals surface area contributed by atoms with Crippen LogP contribution in [0.2, 0.25) is 0 Å². The minimum Gasteiger partial charge on any atom is -0.489 e. The Morgan fingerprint density at radius 1 is 0.976 bits per heavy atom. The summed E-state index contributed by atoms with van der Waals surface area (Å²) in [5.41, 5.74) is 1.50. The molecule has 6 aliphatic rings. The van der Waals surface area contributed by atoms with Gasteiger partial charge in [0.1, 0.15) is 17.9 Å². The minimum absolute atomic E-state index is 0.131. The third kappa shape index (κ3) is 5.15. The van der Waals surface area contributed by atoms with Gasteiger partial charge in [-0.05, 0) is 86.5 Å². The van der Waals surface area contributed by atoms with Gasteiger partial charge in [-0.2, -0.15) is 0 Å². The molecular formula is C32H42N4O5. The molecule has 4 heterocycles. The lowest BCUT2D eigenvalue weighted by Gasteiger charge is -2.51. The molecule has 0 bridgehead atoms. The number of nitrogens with one attached hydrogen (secondary N) is 1. The average Bonchev–Trinajstić information content (AvgIpc) is 3.59. The highest BCUT2D eigenvalue weighted by atomic mass is 16.5. The standard InChI is InChI=1S/C32H42N4O5/c1-19-14-25(19)31(39)34-12-10-20(11-13-34)22-16-35(17-22)26-4-2-3-5-28(26)41-23-6-7-24-21(15-23)18-36(32(24)40)27-8-9-29(37)33-30(27)38/h6-7,15,19-20,22,25-28H,2-5,8-14,16-18H2,1H3,(H,33,37,38)/t19?,25?,26-,27?,28+/m0/s1. The van der Waals surface area contributed by atoms with E-state index in [2.05, 4.69) is 22.0 Å². The van der Waals surface area contributed by atoms with Crippen LogP contribution in [0.5, 0.6) is 5.75 Å². The zero-order valence-electron chi connectivity index (χ0n) is 24.1. The van der Waals surface area contributed by atoms with E-state index in [1.807, 2.05) is 18.2 Å². The van der Waals surface area contributed by atoms with Crippen LogP contribution >= 0.6 is 0 Å². The number of hydrogen-bond donors (Lipinski definition) is 1. The fourth-order valence-corrected chi connectivity index (χ4v) is 8.04. The maximum Gasteiger partial charge on any atom is 0.255 e. The molecule has 9 nitrogen and oxygen atoms in total. The fraction of sp³-hybridized carbons (Fsp3) is 0.688. The van der Waals surface area contributed by atoms with Gasteiger partial charge < -0.3 is 14.5 Å². The number of fused-ring (bicyclic) bond motifs is 1. The third-order valence-corrected chi connectivity index (χ3v) is 10.8. The molecular weight excluding hydrogens is 520 g/mol. The van der Waals surface area contributed by atoms with E-state index in [1.165, 1.54) is 6.42 Å². The highest BCUT2D eigenvalue weighted by molar-refractivity contribution is 6.05. The Morgan fingerprint density at radius 3 is 2.46 bits per heavy atom. The molecule has 7 rings (SSSR count). The lowest BCUT2D eigenvalue weighted by Crippen LogP contribution is -2.60. The highest BCUT2D eigenvalue weighted by Crippen LogP contribution is 2.41. The smallest absolute Gasteiger partial charge is 0.255 e. The Morgan fingerprint density at radius 2 is 1.73 bits per heavy atom. The van der Waals surface area contributed by atoms with Crippen LogP contribution in [0.4, 0.5) is 0 Å². The zero-order valence-corrected chi connectivity index (χ0v) is 24.1. The normalized spacial score (nSPS) is 32.9. The minimum atomic E-state index is -0.603. The van der Waals surface area contributed by atoms with Crippen LogP contribution in [0.3, 0.4) is 0 Å². The molecule has 3 unspecified atom stereocenters. The first kappa shape index (κ1) is 26.9. The SMILES string of the molecule is CC1CC1C(=O)N1CCC(C2CN([C@H]3CCCC[C@H]3Oc3ccc4c(c3)CN(C3CCC(=O)NC3=O)C4=O)C2)CC1. The van der Waals surface area contributed by atoms with Crippen molar-refractivity contribution in [3.8, 4) is 5.75 Å². The van der Waals surface area contributed by atoms with Gasteiger partial charge in [0.2, 0.25) is 17.7 Å². The van der Waals surface area contributed by atoms with E-state index >= 15 is 0 Å². The topological polar surface area (TPSA) is 99.3 Å². The number of likely N-dealkylation sites (tertiary alicyclic amines) is 2. The van der Waals surface area contributed by atoms with E-state index in [0.717, 1.165) is 87.9 Å². The Kier molecular flexibility index (Phi) is 7.04. The molecule has 0 radical (unpaired) electrons. The summed E-state index contributed by atoms with van der Waals surface area (Å²) in [6.07, 6.45) is 8.68. The second-order valence-electron chi connectivity index (χ2n) is 13.4. The molecule has 9 heteroatoms. The van der Waals surface area contributed by atoms with Gasteiger partial charge >= 0.3 is 0 Å². The van der Waals surface area contributed by atoms with Gasteiger partial charge in [0.05, 0.1) is 0 Å². The summed E-state index contributed by atoms with van der Waals surface area (Å²) >= 11 is 0. The number of piperidine rings is 2. The molecule has 5 fully saturated rings. The third-order valence-electron chi connectivity index (χ3n) is 10.8. The quantitative estimate of drug-likeness (QED) is 0.536. The van der Waals surface area contributed by atoms with Gasteiger partial charge in [0.25, 0.3) is 5.91 Å². The van der Waals surface area contributed by atoms with E-state index in [9.17, 15) is 19.2 Å². The van der Waals surface area contributed by atoms with Crippen LogP contribution in [0.25, 0.3) is 0 Å². The van der Waals surface area contributed by atoms with Gasteiger partial charge in [-0.15, -0.1) is 0 Å². The van der Waals surface area contributed by atoms with Crippen molar-refractivity contribution >= 4 is 23.6 Å². The molecule has 41 heavy (non-hydrogen) atoms. The molecule has 5 atom stereocenters. The summed E-state index contributed by atoms with van der Waals surface area (Å²) < 4.78 is 6.62. The summed E-state index contributed by atoms with van der Waals surface area (Å²) in [5.74, 6) is 2.69. The van der Waals surface area contributed by atoms with Crippen LogP contribution in [-0.2, 0) is 20.9 Å². The molecule has 1 aromatic rings. The van der Waals surface area contributed by atoms with Crippen LogP contribution in [0, 0.1) is 23.7 Å². The Hall–Kier alpha value is -2.94. The van der Waals surface area contributed by atoms with Crippen LogP contribution in [-0.4, -0.2) is 82.7 Å². The van der Waals surface area contributed by atoms with Crippen molar-refractivity contribution in [3.63, 3.8) is 0 Å². The van der Waals surface area contributed by atoms with Crippen molar-refractivity contribution in [2.45, 2.75) is 89.4 Å². The van der Waals surface area contributed by atoms with Gasteiger partial charge in [0, 0.05) is 56.7 Å². The first-order valence-corrected chi connectivity index (χ1v) is 15.8. The van der Waals surface area contributed by atoms with Crippen molar-refractivity contribution in [1.82, 2.24) is 20.0 Å². The number of imide groups is 1. The Labute approximate surface area is 241 Å². The summed E-state index contributed by atoms with van der Waals surface area (Å²) in [4.78, 5) is 56.0. The fourth-order valence-electron chi connectivity index (χ4n) is 8.04. The first-order valence-electron chi connectivity index (χ1n) is 15.8. The number of carbonyl (C=O) groups excluding carboxylic acids is 4. The van der Waals surface area contributed by atoms with E-state index in [1.54, 1.807) is 4.90 Å². The maximum absolute atomic E-state index is 13.1. The van der Waals surface area contributed by atoms with Crippen LogP contribution in [0.15, 0.2) is 18.2 Å². The van der Waals surface area contributed by atoms with E-state index in [4.69, 9.17) is 4.74 Å². The molecule has 3 saturated heterocycles. The lowest BCUT2D eigenvalue weighted by atomic mass is 9.77. The molecule has 2 saturated carbocycles. The number of nitrogens with zero attached hydrogens (tertiary/aromatic N) is 3. The molecule has 220 valence electrons. The number of hydrogen-bond acceptors (Lipinski definition) is 6. The summed E-state index contributed by atoms with van der Waals surface area (Å²) in [6.45, 7) is 6.66. The van der Waals surface area contributed by atoms with Gasteiger partial charge in [-0.25, -0.2) is 0 Å². The van der Waals surface area contributed by atoms with Crippen molar-refractivity contribution in [3.05, 3.63) is 29.3 Å². The van der Waals surface area contributed by atoms with Crippen molar-refractivity contribution in [1.29, 1.82) is 0 Å². The van der Waals surface area contributed by atoms with Gasteiger partial charge in [0.15, 0.2) is 0 Å². The zero-order chi connectivity index (χ0) is 28.2. The summed E-state index contributed by atoms with van der Waals surface area (Å²) in [7, 11) is 0. The molecule has 2 aliphatic carbocycles. The summed E-state index contributed by atoms with van der Waals surface area (Å²) in [5, 5.41) is 2.37. The predicted octanol–water partition coefficient (Wildman–Crippen LogP) is 2.96. The van der Waals surface area contributed by atoms with Crippen LogP contribution in [0.1, 0.15) is 80.6 Å². The maximum atomic E-state index is 13.1. The van der Waals surface area contributed by atoms with E-state index in [-0.39, 0.29) is 30.2 Å². The van der Waals surface area contributed by atoms with E-state index in [0.29, 0.717) is 42.3 Å². The molecule has 4 amide bonds.